The van der Waals surface area contributed by atoms with E-state index in [0.717, 1.165) is 6.42 Å². The van der Waals surface area contributed by atoms with E-state index >= 15 is 0 Å². The van der Waals surface area contributed by atoms with Crippen molar-refractivity contribution in [3.63, 3.8) is 0 Å². The third-order valence-electron chi connectivity index (χ3n) is 3.48. The van der Waals surface area contributed by atoms with Gasteiger partial charge in [-0.2, -0.15) is 0 Å². The van der Waals surface area contributed by atoms with Gasteiger partial charge in [-0.1, -0.05) is 6.92 Å². The average molecular weight is 347 g/mol. The Hall–Kier alpha value is -2.61. The van der Waals surface area contributed by atoms with E-state index < -0.39 is 0 Å². The van der Waals surface area contributed by atoms with Crippen LogP contribution in [0.15, 0.2) is 23.6 Å². The Kier molecular flexibility index (Phi) is 4.66. The van der Waals surface area contributed by atoms with Crippen LogP contribution in [-0.4, -0.2) is 42.1 Å². The Morgan fingerprint density at radius 1 is 1.33 bits per heavy atom. The highest BCUT2D eigenvalue weighted by molar-refractivity contribution is 7.14. The van der Waals surface area contributed by atoms with Crippen LogP contribution in [0, 0.1) is 0 Å². The van der Waals surface area contributed by atoms with Gasteiger partial charge < -0.3 is 14.4 Å². The number of ether oxygens (including phenoxy) is 2. The summed E-state index contributed by atoms with van der Waals surface area (Å²) in [6, 6.07) is 4.96. The molecule has 0 saturated heterocycles. The molecule has 2 amide bonds. The monoisotopic (exact) mass is 347 g/mol. The van der Waals surface area contributed by atoms with Crippen molar-refractivity contribution in [2.24, 2.45) is 0 Å². The first kappa shape index (κ1) is 16.3. The molecule has 8 heteroatoms. The van der Waals surface area contributed by atoms with Gasteiger partial charge in [-0.15, -0.1) is 11.3 Å². The number of hydrogen-bond acceptors (Lipinski definition) is 6. The number of fused-ring (bicyclic) bond motifs is 1. The first-order valence-corrected chi connectivity index (χ1v) is 8.38. The topological polar surface area (TPSA) is 80.8 Å². The number of rotatable bonds is 5. The Bertz CT molecular complexity index is 774. The van der Waals surface area contributed by atoms with Gasteiger partial charge in [0, 0.05) is 24.5 Å². The second kappa shape index (κ2) is 6.88. The molecular formula is C16H17N3O4S. The lowest BCUT2D eigenvalue weighted by atomic mass is 10.2. The molecule has 7 nitrogen and oxygen atoms in total. The molecule has 2 aromatic rings. The summed E-state index contributed by atoms with van der Waals surface area (Å²) in [6.45, 7) is 2.82. The Morgan fingerprint density at radius 3 is 2.92 bits per heavy atom. The molecule has 0 radical (unpaired) electrons. The van der Waals surface area contributed by atoms with E-state index in [0.29, 0.717) is 34.4 Å². The molecule has 1 aromatic carbocycles. The van der Waals surface area contributed by atoms with E-state index in [-0.39, 0.29) is 18.6 Å². The molecule has 1 aliphatic heterocycles. The third kappa shape index (κ3) is 3.33. The maximum absolute atomic E-state index is 12.3. The maximum Gasteiger partial charge on any atom is 0.273 e. The lowest BCUT2D eigenvalue weighted by Crippen LogP contribution is -2.27. The van der Waals surface area contributed by atoms with Crippen molar-refractivity contribution < 1.29 is 19.1 Å². The fourth-order valence-electron chi connectivity index (χ4n) is 2.27. The number of amides is 2. The van der Waals surface area contributed by atoms with Gasteiger partial charge in [0.15, 0.2) is 16.6 Å². The average Bonchev–Trinajstić information content (AvgIpc) is 3.22. The van der Waals surface area contributed by atoms with Crippen LogP contribution in [0.4, 0.5) is 5.13 Å². The van der Waals surface area contributed by atoms with Crippen molar-refractivity contribution in [2.75, 3.05) is 25.7 Å². The maximum atomic E-state index is 12.3. The van der Waals surface area contributed by atoms with E-state index in [4.69, 9.17) is 9.47 Å². The number of anilines is 1. The van der Waals surface area contributed by atoms with Crippen LogP contribution in [0.1, 0.15) is 34.2 Å². The molecule has 0 saturated carbocycles. The van der Waals surface area contributed by atoms with Crippen LogP contribution < -0.4 is 14.8 Å². The van der Waals surface area contributed by atoms with Crippen molar-refractivity contribution in [2.45, 2.75) is 13.3 Å². The predicted octanol–water partition coefficient (Wildman–Crippen LogP) is 2.61. The number of carbonyl (C=O) groups excluding carboxylic acids is 2. The number of carbonyl (C=O) groups is 2. The van der Waals surface area contributed by atoms with Gasteiger partial charge >= 0.3 is 0 Å². The predicted molar refractivity (Wildman–Crippen MR) is 89.9 cm³/mol. The number of aromatic nitrogens is 1. The standard InChI is InChI=1S/C16H17N3O4S/c1-3-6-19(2)15(21)11-8-24-16(17-11)18-14(20)10-4-5-12-13(7-10)23-9-22-12/h4-5,7-8H,3,6,9H2,1-2H3,(H,17,18,20). The lowest BCUT2D eigenvalue weighted by molar-refractivity contribution is 0.0790. The zero-order valence-corrected chi connectivity index (χ0v) is 14.2. The van der Waals surface area contributed by atoms with Crippen molar-refractivity contribution in [1.82, 2.24) is 9.88 Å². The largest absolute Gasteiger partial charge is 0.454 e. The summed E-state index contributed by atoms with van der Waals surface area (Å²) in [5, 5.41) is 4.72. The Labute approximate surface area is 143 Å². The molecule has 2 heterocycles. The van der Waals surface area contributed by atoms with Crippen LogP contribution in [-0.2, 0) is 0 Å². The van der Waals surface area contributed by atoms with Crippen molar-refractivity contribution >= 4 is 28.3 Å². The highest BCUT2D eigenvalue weighted by Crippen LogP contribution is 2.32. The number of thiazole rings is 1. The molecule has 0 aliphatic carbocycles. The van der Waals surface area contributed by atoms with Gasteiger partial charge in [0.1, 0.15) is 5.69 Å². The van der Waals surface area contributed by atoms with Gasteiger partial charge in [-0.3, -0.25) is 14.9 Å². The molecule has 0 unspecified atom stereocenters. The van der Waals surface area contributed by atoms with Crippen molar-refractivity contribution in [1.29, 1.82) is 0 Å². The third-order valence-corrected chi connectivity index (χ3v) is 4.24. The van der Waals surface area contributed by atoms with Crippen LogP contribution in [0.3, 0.4) is 0 Å². The van der Waals surface area contributed by atoms with Crippen LogP contribution in [0.2, 0.25) is 0 Å². The zero-order valence-electron chi connectivity index (χ0n) is 13.4. The minimum Gasteiger partial charge on any atom is -0.454 e. The van der Waals surface area contributed by atoms with Crippen molar-refractivity contribution in [3.8, 4) is 11.5 Å². The molecule has 24 heavy (non-hydrogen) atoms. The fraction of sp³-hybridized carbons (Fsp3) is 0.312. The van der Waals surface area contributed by atoms with Crippen LogP contribution >= 0.6 is 11.3 Å². The summed E-state index contributed by atoms with van der Waals surface area (Å²) in [6.07, 6.45) is 0.875. The molecule has 0 fully saturated rings. The molecule has 0 spiro atoms. The highest BCUT2D eigenvalue weighted by atomic mass is 32.1. The van der Waals surface area contributed by atoms with Gasteiger partial charge in [0.25, 0.3) is 11.8 Å². The number of nitrogens with zero attached hydrogens (tertiary/aromatic N) is 2. The van der Waals surface area contributed by atoms with E-state index in [1.54, 1.807) is 35.5 Å². The van der Waals surface area contributed by atoms with Crippen LogP contribution in [0.5, 0.6) is 11.5 Å². The summed E-state index contributed by atoms with van der Waals surface area (Å²) >= 11 is 1.22. The Balaban J connectivity index is 1.68. The van der Waals surface area contributed by atoms with E-state index in [1.807, 2.05) is 6.92 Å². The molecule has 126 valence electrons. The summed E-state index contributed by atoms with van der Waals surface area (Å²) in [5.74, 6) is 0.687. The molecule has 0 atom stereocenters. The minimum absolute atomic E-state index is 0.156. The highest BCUT2D eigenvalue weighted by Gasteiger charge is 2.18. The normalized spacial score (nSPS) is 12.1. The van der Waals surface area contributed by atoms with Crippen LogP contribution in [0.25, 0.3) is 0 Å². The second-order valence-corrected chi connectivity index (χ2v) is 6.14. The first-order valence-electron chi connectivity index (χ1n) is 7.50. The summed E-state index contributed by atoms with van der Waals surface area (Å²) in [5.41, 5.74) is 0.766. The van der Waals surface area contributed by atoms with E-state index in [1.165, 1.54) is 11.3 Å². The minimum atomic E-state index is -0.316. The number of nitrogens with one attached hydrogen (secondary N) is 1. The summed E-state index contributed by atoms with van der Waals surface area (Å²) < 4.78 is 10.5. The molecule has 1 aromatic heterocycles. The molecule has 1 N–H and O–H groups in total. The first-order chi connectivity index (χ1) is 11.6. The molecule has 0 bridgehead atoms. The van der Waals surface area contributed by atoms with Crippen molar-refractivity contribution in [3.05, 3.63) is 34.8 Å². The van der Waals surface area contributed by atoms with Gasteiger partial charge in [0.05, 0.1) is 0 Å². The summed E-state index contributed by atoms with van der Waals surface area (Å²) in [7, 11) is 1.73. The SMILES string of the molecule is CCCN(C)C(=O)c1csc(NC(=O)c2ccc3c(c2)OCO3)n1. The number of benzene rings is 1. The molecule has 1 aliphatic rings. The smallest absolute Gasteiger partial charge is 0.273 e. The number of hydrogen-bond donors (Lipinski definition) is 1. The molecular weight excluding hydrogens is 330 g/mol. The summed E-state index contributed by atoms with van der Waals surface area (Å²) in [4.78, 5) is 30.3. The van der Waals surface area contributed by atoms with Gasteiger partial charge in [-0.25, -0.2) is 4.98 Å². The Morgan fingerprint density at radius 2 is 2.12 bits per heavy atom. The zero-order chi connectivity index (χ0) is 17.1. The fourth-order valence-corrected chi connectivity index (χ4v) is 2.95. The second-order valence-electron chi connectivity index (χ2n) is 5.29. The quantitative estimate of drug-likeness (QED) is 0.899. The lowest BCUT2D eigenvalue weighted by Gasteiger charge is -2.13. The molecule has 3 rings (SSSR count). The van der Waals surface area contributed by atoms with E-state index in [2.05, 4.69) is 10.3 Å². The van der Waals surface area contributed by atoms with Gasteiger partial charge in [-0.05, 0) is 24.6 Å². The van der Waals surface area contributed by atoms with E-state index in [9.17, 15) is 9.59 Å². The van der Waals surface area contributed by atoms with Gasteiger partial charge in [0.2, 0.25) is 6.79 Å².